The number of amides is 2. The number of benzene rings is 2. The second-order valence-electron chi connectivity index (χ2n) is 7.63. The third kappa shape index (κ3) is 5.86. The first-order valence-electron chi connectivity index (χ1n) is 11.1. The van der Waals surface area contributed by atoms with Crippen molar-refractivity contribution >= 4 is 47.3 Å². The Morgan fingerprint density at radius 2 is 1.57 bits per heavy atom. The standard InChI is InChI=1S/C25H26N6O5S/c1-33-18-8-6-5-7-15(18)14-31(37)25(32)30-21-10-9-17-24(28-21)29-22(13-26-17)27-16-11-19(34-2)23(36-4)20(12-16)35-3/h5-13,37H,14H2,1-4H3,(H2,27,28,29,30,32). The van der Waals surface area contributed by atoms with Crippen LogP contribution in [0.5, 0.6) is 23.0 Å². The molecule has 37 heavy (non-hydrogen) atoms. The molecule has 0 saturated carbocycles. The number of thiol groups is 1. The molecule has 12 heteroatoms. The minimum absolute atomic E-state index is 0.231. The highest BCUT2D eigenvalue weighted by Gasteiger charge is 2.16. The molecule has 0 aliphatic heterocycles. The number of ether oxygens (including phenoxy) is 4. The van der Waals surface area contributed by atoms with Crippen molar-refractivity contribution in [1.29, 1.82) is 0 Å². The first-order valence-corrected chi connectivity index (χ1v) is 11.5. The van der Waals surface area contributed by atoms with Crippen LogP contribution < -0.4 is 29.6 Å². The molecule has 2 heterocycles. The normalized spacial score (nSPS) is 10.5. The lowest BCUT2D eigenvalue weighted by Gasteiger charge is -2.18. The van der Waals surface area contributed by atoms with Crippen molar-refractivity contribution in [2.45, 2.75) is 6.54 Å². The molecule has 0 aliphatic rings. The van der Waals surface area contributed by atoms with Crippen LogP contribution in [-0.2, 0) is 6.54 Å². The molecular formula is C25H26N6O5S. The Labute approximate surface area is 219 Å². The Kier molecular flexibility index (Phi) is 7.98. The van der Waals surface area contributed by atoms with Gasteiger partial charge in [-0.1, -0.05) is 31.0 Å². The van der Waals surface area contributed by atoms with Gasteiger partial charge in [-0.2, -0.15) is 0 Å². The monoisotopic (exact) mass is 522 g/mol. The number of anilines is 3. The molecule has 0 saturated heterocycles. The average molecular weight is 523 g/mol. The molecule has 0 radical (unpaired) electrons. The number of aromatic nitrogens is 3. The van der Waals surface area contributed by atoms with E-state index in [2.05, 4.69) is 38.4 Å². The van der Waals surface area contributed by atoms with Gasteiger partial charge in [-0.15, -0.1) is 0 Å². The molecule has 0 atom stereocenters. The molecule has 2 aromatic heterocycles. The highest BCUT2D eigenvalue weighted by molar-refractivity contribution is 7.78. The highest BCUT2D eigenvalue weighted by Crippen LogP contribution is 2.40. The van der Waals surface area contributed by atoms with Crippen molar-refractivity contribution in [1.82, 2.24) is 19.3 Å². The number of carbonyl (C=O) groups excluding carboxylic acids is 1. The summed E-state index contributed by atoms with van der Waals surface area (Å²) < 4.78 is 22.7. The number of rotatable bonds is 9. The molecule has 4 rings (SSSR count). The Balaban J connectivity index is 1.51. The maximum Gasteiger partial charge on any atom is 0.333 e. The van der Waals surface area contributed by atoms with E-state index in [0.717, 1.165) is 5.56 Å². The minimum Gasteiger partial charge on any atom is -0.496 e. The fourth-order valence-electron chi connectivity index (χ4n) is 3.57. The summed E-state index contributed by atoms with van der Waals surface area (Å²) in [6, 6.07) is 13.8. The van der Waals surface area contributed by atoms with E-state index in [1.54, 1.807) is 51.8 Å². The zero-order chi connectivity index (χ0) is 26.4. The first kappa shape index (κ1) is 25.6. The third-order valence-electron chi connectivity index (χ3n) is 5.33. The molecule has 0 aliphatic carbocycles. The summed E-state index contributed by atoms with van der Waals surface area (Å²) in [4.78, 5) is 26.1. The summed E-state index contributed by atoms with van der Waals surface area (Å²) >= 11 is 4.32. The number of hydrogen-bond donors (Lipinski definition) is 3. The van der Waals surface area contributed by atoms with Crippen LogP contribution in [-0.4, -0.2) is 53.7 Å². The molecule has 2 aromatic carbocycles. The third-order valence-corrected chi connectivity index (χ3v) is 5.65. The molecule has 2 N–H and O–H groups in total. The molecule has 0 spiro atoms. The number of pyridine rings is 1. The average Bonchev–Trinajstić information content (AvgIpc) is 2.92. The van der Waals surface area contributed by atoms with Gasteiger partial charge in [-0.3, -0.25) is 9.62 Å². The van der Waals surface area contributed by atoms with Crippen molar-refractivity contribution in [3.8, 4) is 23.0 Å². The van der Waals surface area contributed by atoms with Crippen molar-refractivity contribution in [3.63, 3.8) is 0 Å². The van der Waals surface area contributed by atoms with Gasteiger partial charge in [0, 0.05) is 23.4 Å². The van der Waals surface area contributed by atoms with E-state index in [1.165, 1.54) is 11.4 Å². The number of nitrogens with zero attached hydrogens (tertiary/aromatic N) is 4. The van der Waals surface area contributed by atoms with Gasteiger partial charge >= 0.3 is 6.03 Å². The van der Waals surface area contributed by atoms with Gasteiger partial charge in [0.05, 0.1) is 41.2 Å². The van der Waals surface area contributed by atoms with E-state index >= 15 is 0 Å². The Hall–Kier alpha value is -4.45. The Morgan fingerprint density at radius 1 is 0.892 bits per heavy atom. The Bertz CT molecular complexity index is 1390. The fourth-order valence-corrected chi connectivity index (χ4v) is 3.77. The predicted molar refractivity (Wildman–Crippen MR) is 143 cm³/mol. The van der Waals surface area contributed by atoms with Crippen molar-refractivity contribution < 1.29 is 23.7 Å². The van der Waals surface area contributed by atoms with Crippen LogP contribution in [0.3, 0.4) is 0 Å². The van der Waals surface area contributed by atoms with Gasteiger partial charge in [-0.25, -0.2) is 19.7 Å². The minimum atomic E-state index is -0.458. The first-order chi connectivity index (χ1) is 17.9. The number of nitrogens with one attached hydrogen (secondary N) is 2. The second-order valence-corrected chi connectivity index (χ2v) is 8.12. The summed E-state index contributed by atoms with van der Waals surface area (Å²) in [6.45, 7) is 0.231. The van der Waals surface area contributed by atoms with E-state index in [0.29, 0.717) is 51.5 Å². The summed E-state index contributed by atoms with van der Waals surface area (Å²) in [6.07, 6.45) is 1.58. The molecular weight excluding hydrogens is 496 g/mol. The summed E-state index contributed by atoms with van der Waals surface area (Å²) in [5.74, 6) is 2.86. The summed E-state index contributed by atoms with van der Waals surface area (Å²) in [5.41, 5.74) is 2.36. The lowest BCUT2D eigenvalue weighted by Crippen LogP contribution is -2.27. The maximum atomic E-state index is 12.7. The quantitative estimate of drug-likeness (QED) is 0.269. The molecule has 0 fully saturated rings. The van der Waals surface area contributed by atoms with Crippen LogP contribution in [0.2, 0.25) is 0 Å². The van der Waals surface area contributed by atoms with E-state index < -0.39 is 6.03 Å². The zero-order valence-corrected chi connectivity index (χ0v) is 21.6. The van der Waals surface area contributed by atoms with Gasteiger partial charge in [0.1, 0.15) is 17.1 Å². The summed E-state index contributed by atoms with van der Waals surface area (Å²) in [5, 5.41) is 5.89. The largest absolute Gasteiger partial charge is 0.496 e. The van der Waals surface area contributed by atoms with Gasteiger partial charge in [0.15, 0.2) is 23.0 Å². The number of methoxy groups -OCH3 is 4. The molecule has 0 bridgehead atoms. The number of urea groups is 1. The fraction of sp³-hybridized carbons (Fsp3) is 0.200. The summed E-state index contributed by atoms with van der Waals surface area (Å²) in [7, 11) is 6.19. The van der Waals surface area contributed by atoms with Gasteiger partial charge < -0.3 is 24.3 Å². The molecule has 192 valence electrons. The van der Waals surface area contributed by atoms with E-state index in [4.69, 9.17) is 18.9 Å². The van der Waals surface area contributed by atoms with Crippen LogP contribution in [0.1, 0.15) is 5.56 Å². The van der Waals surface area contributed by atoms with Gasteiger partial charge in [-0.05, 0) is 18.2 Å². The number of fused-ring (bicyclic) bond motifs is 1. The second kappa shape index (κ2) is 11.5. The topological polar surface area (TPSA) is 120 Å². The zero-order valence-electron chi connectivity index (χ0n) is 20.7. The lowest BCUT2D eigenvalue weighted by molar-refractivity contribution is 0.237. The molecule has 11 nitrogen and oxygen atoms in total. The van der Waals surface area contributed by atoms with E-state index in [9.17, 15) is 4.79 Å². The van der Waals surface area contributed by atoms with Crippen LogP contribution in [0.4, 0.5) is 22.1 Å². The van der Waals surface area contributed by atoms with Crippen molar-refractivity contribution in [3.05, 3.63) is 60.3 Å². The smallest absolute Gasteiger partial charge is 0.333 e. The van der Waals surface area contributed by atoms with Gasteiger partial charge in [0.2, 0.25) is 5.75 Å². The lowest BCUT2D eigenvalue weighted by atomic mass is 10.2. The van der Waals surface area contributed by atoms with Gasteiger partial charge in [0.25, 0.3) is 0 Å². The van der Waals surface area contributed by atoms with Crippen molar-refractivity contribution in [2.24, 2.45) is 0 Å². The molecule has 4 aromatic rings. The highest BCUT2D eigenvalue weighted by atomic mass is 32.1. The Morgan fingerprint density at radius 3 is 2.24 bits per heavy atom. The SMILES string of the molecule is COc1ccccc1CN(S)C(=O)Nc1ccc2ncc(Nc3cc(OC)c(OC)c(OC)c3)nc2n1. The predicted octanol–water partition coefficient (Wildman–Crippen LogP) is 4.68. The number of carbonyl (C=O) groups is 1. The van der Waals surface area contributed by atoms with E-state index in [1.807, 2.05) is 24.3 Å². The maximum absolute atomic E-state index is 12.7. The van der Waals surface area contributed by atoms with Crippen molar-refractivity contribution in [2.75, 3.05) is 39.1 Å². The van der Waals surface area contributed by atoms with Crippen LogP contribution in [0.25, 0.3) is 11.2 Å². The molecule has 2 amide bonds. The number of para-hydroxylation sites is 1. The van der Waals surface area contributed by atoms with E-state index in [-0.39, 0.29) is 6.54 Å². The van der Waals surface area contributed by atoms with Crippen LogP contribution in [0, 0.1) is 0 Å². The number of hydrogen-bond acceptors (Lipinski definition) is 10. The van der Waals surface area contributed by atoms with Crippen LogP contribution in [0.15, 0.2) is 54.7 Å². The van der Waals surface area contributed by atoms with Crippen LogP contribution >= 0.6 is 12.8 Å². The molecule has 0 unspecified atom stereocenters.